The third kappa shape index (κ3) is 4.44. The summed E-state index contributed by atoms with van der Waals surface area (Å²) < 4.78 is 5.90. The molecule has 1 heterocycles. The summed E-state index contributed by atoms with van der Waals surface area (Å²) in [4.78, 5) is 4.08. The maximum Gasteiger partial charge on any atom is 0.124 e. The van der Waals surface area contributed by atoms with E-state index >= 15 is 0 Å². The molecule has 23 heavy (non-hydrogen) atoms. The van der Waals surface area contributed by atoms with Crippen LogP contribution < -0.4 is 10.1 Å². The van der Waals surface area contributed by atoms with Gasteiger partial charge in [-0.05, 0) is 43.5 Å². The van der Waals surface area contributed by atoms with E-state index in [9.17, 15) is 5.11 Å². The number of aromatic nitrogens is 1. The van der Waals surface area contributed by atoms with Crippen molar-refractivity contribution in [1.29, 1.82) is 0 Å². The summed E-state index contributed by atoms with van der Waals surface area (Å²) >= 11 is 6.10. The quantitative estimate of drug-likeness (QED) is 0.816. The smallest absolute Gasteiger partial charge is 0.124 e. The average molecular weight is 333 g/mol. The zero-order valence-corrected chi connectivity index (χ0v) is 13.7. The van der Waals surface area contributed by atoms with Crippen LogP contribution in [0.4, 0.5) is 0 Å². The van der Waals surface area contributed by atoms with Gasteiger partial charge >= 0.3 is 0 Å². The number of benzene rings is 1. The summed E-state index contributed by atoms with van der Waals surface area (Å²) in [7, 11) is 0. The van der Waals surface area contributed by atoms with Crippen molar-refractivity contribution in [1.82, 2.24) is 10.3 Å². The Bertz CT molecular complexity index is 645. The molecule has 1 saturated carbocycles. The highest BCUT2D eigenvalue weighted by Gasteiger charge is 2.33. The van der Waals surface area contributed by atoms with E-state index in [-0.39, 0.29) is 0 Å². The zero-order chi connectivity index (χ0) is 16.1. The predicted molar refractivity (Wildman–Crippen MR) is 90.5 cm³/mol. The molecule has 0 spiro atoms. The van der Waals surface area contributed by atoms with Crippen LogP contribution in [-0.2, 0) is 13.2 Å². The van der Waals surface area contributed by atoms with E-state index in [1.165, 1.54) is 0 Å². The average Bonchev–Trinajstić information content (AvgIpc) is 2.53. The van der Waals surface area contributed by atoms with Crippen LogP contribution >= 0.6 is 11.6 Å². The zero-order valence-electron chi connectivity index (χ0n) is 13.0. The minimum absolute atomic E-state index is 0.465. The van der Waals surface area contributed by atoms with Crippen molar-refractivity contribution in [3.63, 3.8) is 0 Å². The molecule has 0 radical (unpaired) electrons. The normalized spacial score (nSPS) is 15.9. The van der Waals surface area contributed by atoms with Crippen molar-refractivity contribution in [3.8, 4) is 5.75 Å². The van der Waals surface area contributed by atoms with Gasteiger partial charge in [-0.25, -0.2) is 0 Å². The number of halogens is 1. The lowest BCUT2D eigenvalue weighted by atomic mass is 9.80. The molecule has 3 rings (SSSR count). The van der Waals surface area contributed by atoms with Gasteiger partial charge < -0.3 is 15.2 Å². The van der Waals surface area contributed by atoms with Gasteiger partial charge in [-0.2, -0.15) is 0 Å². The van der Waals surface area contributed by atoms with Gasteiger partial charge in [0.15, 0.2) is 0 Å². The molecular weight excluding hydrogens is 312 g/mol. The number of hydrogen-bond donors (Lipinski definition) is 2. The molecule has 0 bridgehead atoms. The van der Waals surface area contributed by atoms with Crippen LogP contribution in [0.15, 0.2) is 42.7 Å². The first kappa shape index (κ1) is 16.2. The van der Waals surface area contributed by atoms with Crippen molar-refractivity contribution in [3.05, 3.63) is 58.9 Å². The molecule has 1 aliphatic carbocycles. The van der Waals surface area contributed by atoms with Gasteiger partial charge in [-0.3, -0.25) is 4.98 Å². The minimum atomic E-state index is -0.532. The van der Waals surface area contributed by atoms with Crippen LogP contribution in [0.5, 0.6) is 5.75 Å². The Kier molecular flexibility index (Phi) is 5.16. The van der Waals surface area contributed by atoms with Crippen molar-refractivity contribution < 1.29 is 9.84 Å². The van der Waals surface area contributed by atoms with Gasteiger partial charge in [0.25, 0.3) is 0 Å². The summed E-state index contributed by atoms with van der Waals surface area (Å²) in [6, 6.07) is 9.48. The van der Waals surface area contributed by atoms with E-state index in [4.69, 9.17) is 16.3 Å². The topological polar surface area (TPSA) is 54.4 Å². The van der Waals surface area contributed by atoms with E-state index in [0.717, 1.165) is 36.1 Å². The lowest BCUT2D eigenvalue weighted by Gasteiger charge is -2.36. The molecule has 2 N–H and O–H groups in total. The van der Waals surface area contributed by atoms with Crippen LogP contribution in [0, 0.1) is 0 Å². The molecule has 0 amide bonds. The fourth-order valence-corrected chi connectivity index (χ4v) is 2.86. The van der Waals surface area contributed by atoms with Crippen LogP contribution in [0.1, 0.15) is 30.4 Å². The van der Waals surface area contributed by atoms with Gasteiger partial charge in [-0.15, -0.1) is 0 Å². The molecule has 0 saturated heterocycles. The Labute approximate surface area is 141 Å². The van der Waals surface area contributed by atoms with Crippen LogP contribution in [0.25, 0.3) is 0 Å². The second-order valence-corrected chi connectivity index (χ2v) is 6.52. The van der Waals surface area contributed by atoms with E-state index < -0.39 is 5.60 Å². The highest BCUT2D eigenvalue weighted by atomic mass is 35.5. The number of pyridine rings is 1. The first-order valence-electron chi connectivity index (χ1n) is 7.88. The van der Waals surface area contributed by atoms with Gasteiger partial charge in [0.05, 0.1) is 5.60 Å². The SMILES string of the molecule is OC1(CNCc2cc(Cl)ccc2OCc2cccnc2)CCC1. The number of hydrogen-bond acceptors (Lipinski definition) is 4. The summed E-state index contributed by atoms with van der Waals surface area (Å²) in [5.74, 6) is 0.798. The van der Waals surface area contributed by atoms with Crippen LogP contribution in [0.3, 0.4) is 0 Å². The molecule has 0 unspecified atom stereocenters. The Balaban J connectivity index is 1.60. The number of rotatable bonds is 7. The van der Waals surface area contributed by atoms with Crippen LogP contribution in [-0.4, -0.2) is 22.2 Å². The number of nitrogens with one attached hydrogen (secondary N) is 1. The molecule has 122 valence electrons. The second-order valence-electron chi connectivity index (χ2n) is 6.08. The van der Waals surface area contributed by atoms with Crippen molar-refractivity contribution >= 4 is 11.6 Å². The Morgan fingerprint density at radius 3 is 2.87 bits per heavy atom. The predicted octanol–water partition coefficient (Wildman–Crippen LogP) is 3.32. The van der Waals surface area contributed by atoms with E-state index in [0.29, 0.717) is 24.7 Å². The van der Waals surface area contributed by atoms with E-state index in [1.54, 1.807) is 12.4 Å². The largest absolute Gasteiger partial charge is 0.489 e. The lowest BCUT2D eigenvalue weighted by molar-refractivity contribution is -0.0315. The molecule has 0 aliphatic heterocycles. The minimum Gasteiger partial charge on any atom is -0.489 e. The molecule has 1 aliphatic rings. The summed E-state index contributed by atoms with van der Waals surface area (Å²) in [5, 5.41) is 14.1. The van der Waals surface area contributed by atoms with Gasteiger partial charge in [0.1, 0.15) is 12.4 Å². The summed E-state index contributed by atoms with van der Waals surface area (Å²) in [6.07, 6.45) is 6.39. The molecule has 0 atom stereocenters. The molecule has 1 aromatic carbocycles. The molecule has 4 nitrogen and oxygen atoms in total. The van der Waals surface area contributed by atoms with Crippen molar-refractivity contribution in [2.45, 2.75) is 38.0 Å². The first-order chi connectivity index (χ1) is 11.1. The summed E-state index contributed by atoms with van der Waals surface area (Å²) in [5.41, 5.74) is 1.48. The number of ether oxygens (including phenoxy) is 1. The monoisotopic (exact) mass is 332 g/mol. The number of nitrogens with zero attached hydrogens (tertiary/aromatic N) is 1. The highest BCUT2D eigenvalue weighted by molar-refractivity contribution is 6.30. The van der Waals surface area contributed by atoms with Crippen molar-refractivity contribution in [2.75, 3.05) is 6.54 Å². The molecular formula is C18H21ClN2O2. The van der Waals surface area contributed by atoms with Gasteiger partial charge in [-0.1, -0.05) is 17.7 Å². The Morgan fingerprint density at radius 2 is 2.17 bits per heavy atom. The number of aliphatic hydroxyl groups is 1. The maximum atomic E-state index is 10.1. The molecule has 1 aromatic heterocycles. The van der Waals surface area contributed by atoms with Gasteiger partial charge in [0, 0.05) is 41.6 Å². The summed E-state index contributed by atoms with van der Waals surface area (Å²) in [6.45, 7) is 1.68. The lowest BCUT2D eigenvalue weighted by Crippen LogP contribution is -2.46. The molecule has 5 heteroatoms. The van der Waals surface area contributed by atoms with Crippen LogP contribution in [0.2, 0.25) is 5.02 Å². The Hall–Kier alpha value is -1.62. The fraction of sp³-hybridized carbons (Fsp3) is 0.389. The third-order valence-electron chi connectivity index (χ3n) is 4.19. The standard InChI is InChI=1S/C18H21ClN2O2/c19-16-4-5-17(23-12-14-3-1-8-20-10-14)15(9-16)11-21-13-18(22)6-2-7-18/h1,3-5,8-10,21-22H,2,6-7,11-13H2. The molecule has 2 aromatic rings. The van der Waals surface area contributed by atoms with Crippen molar-refractivity contribution in [2.24, 2.45) is 0 Å². The Morgan fingerprint density at radius 1 is 1.30 bits per heavy atom. The fourth-order valence-electron chi connectivity index (χ4n) is 2.66. The maximum absolute atomic E-state index is 10.1. The third-order valence-corrected chi connectivity index (χ3v) is 4.43. The first-order valence-corrected chi connectivity index (χ1v) is 8.26. The van der Waals surface area contributed by atoms with E-state index in [1.807, 2.05) is 30.3 Å². The van der Waals surface area contributed by atoms with Gasteiger partial charge in [0.2, 0.25) is 0 Å². The second kappa shape index (κ2) is 7.30. The van der Waals surface area contributed by atoms with E-state index in [2.05, 4.69) is 10.3 Å². The highest BCUT2D eigenvalue weighted by Crippen LogP contribution is 2.31. The molecule has 1 fully saturated rings.